The Balaban J connectivity index is 1.47. The molecule has 0 aromatic rings. The highest BCUT2D eigenvalue weighted by Crippen LogP contribution is 2.79. The van der Waals surface area contributed by atoms with Crippen LogP contribution in [0.2, 0.25) is 0 Å². The molecule has 29 heavy (non-hydrogen) atoms. The number of allylic oxidation sites excluding steroid dienone is 1. The van der Waals surface area contributed by atoms with Crippen molar-refractivity contribution in [1.82, 2.24) is 4.90 Å². The molecule has 5 nitrogen and oxygen atoms in total. The Bertz CT molecular complexity index is 813. The Kier molecular flexibility index (Phi) is 3.23. The summed E-state index contributed by atoms with van der Waals surface area (Å²) >= 11 is 0. The Hall–Kier alpha value is -0.910. The number of nitrogens with zero attached hydrogens (tertiary/aromatic N) is 1. The number of hydrogen-bond acceptors (Lipinski definition) is 5. The van der Waals surface area contributed by atoms with Crippen molar-refractivity contribution in [3.63, 3.8) is 0 Å². The molecule has 9 fully saturated rings. The second-order valence-corrected chi connectivity index (χ2v) is 11.5. The average molecular weight is 400 g/mol. The van der Waals surface area contributed by atoms with E-state index in [1.165, 1.54) is 37.7 Å². The van der Waals surface area contributed by atoms with Gasteiger partial charge in [0.2, 0.25) is 0 Å². The molecule has 9 aliphatic rings. The fourth-order valence-electron chi connectivity index (χ4n) is 10.1. The lowest BCUT2D eigenvalue weighted by Gasteiger charge is -2.80. The number of fused-ring (bicyclic) bond motifs is 4. The topological polar surface area (TPSA) is 48.0 Å². The zero-order valence-electron chi connectivity index (χ0n) is 17.7. The molecule has 4 heterocycles. The van der Waals surface area contributed by atoms with Crippen LogP contribution >= 0.6 is 0 Å². The summed E-state index contributed by atoms with van der Waals surface area (Å²) in [6, 6.07) is 0. The third-order valence-corrected chi connectivity index (χ3v) is 10.6. The van der Waals surface area contributed by atoms with Crippen molar-refractivity contribution < 1.29 is 19.0 Å². The lowest BCUT2D eigenvalue weighted by atomic mass is 9.32. The molecule has 5 saturated carbocycles. The van der Waals surface area contributed by atoms with Gasteiger partial charge in [-0.25, -0.2) is 4.90 Å². The van der Waals surface area contributed by atoms with Crippen LogP contribution in [0.4, 0.5) is 0 Å². The molecule has 9 rings (SSSR count). The summed E-state index contributed by atoms with van der Waals surface area (Å²) in [5.41, 5.74) is 1.66. The first-order chi connectivity index (χ1) is 13.9. The molecule has 2 spiro atoms. The fraction of sp³-hybridized carbons (Fsp3) is 0.875. The lowest BCUT2D eigenvalue weighted by Crippen LogP contribution is -2.85. The van der Waals surface area contributed by atoms with Gasteiger partial charge in [-0.05, 0) is 50.4 Å². The Morgan fingerprint density at radius 3 is 2.93 bits per heavy atom. The van der Waals surface area contributed by atoms with E-state index in [0.717, 1.165) is 26.0 Å². The van der Waals surface area contributed by atoms with Gasteiger partial charge in [0, 0.05) is 35.6 Å². The van der Waals surface area contributed by atoms with Crippen LogP contribution in [-0.2, 0) is 19.0 Å². The van der Waals surface area contributed by atoms with E-state index in [2.05, 4.69) is 18.4 Å². The van der Waals surface area contributed by atoms with Crippen LogP contribution in [0.15, 0.2) is 12.2 Å². The van der Waals surface area contributed by atoms with Crippen LogP contribution < -0.4 is 0 Å². The van der Waals surface area contributed by atoms with Crippen molar-refractivity contribution >= 4 is 5.97 Å². The third-order valence-electron chi connectivity index (χ3n) is 10.6. The largest absolute Gasteiger partial charge is 0.459 e. The molecule has 10 atom stereocenters. The van der Waals surface area contributed by atoms with E-state index in [0.29, 0.717) is 17.8 Å². The highest BCUT2D eigenvalue weighted by molar-refractivity contribution is 5.66. The van der Waals surface area contributed by atoms with Crippen LogP contribution in [0.25, 0.3) is 0 Å². The SMILES string of the molecule is C=C1CC23CCC1C[C@H]2C12CCC[C@]4(C)C5OCCN5C1OC3[C@@H](OC(C)=O)[C@@H]24. The summed E-state index contributed by atoms with van der Waals surface area (Å²) in [5, 5.41) is 0. The summed E-state index contributed by atoms with van der Waals surface area (Å²) < 4.78 is 19.6. The van der Waals surface area contributed by atoms with E-state index in [-0.39, 0.29) is 46.9 Å². The zero-order valence-corrected chi connectivity index (χ0v) is 17.7. The standard InChI is InChI=1S/C24H33NO4/c1-13-12-23-8-5-15(13)11-16(23)24-7-4-6-22(3)18(24)17(28-14(2)26)19(23)29-21(24)25-9-10-27-20(22)25/h15-21H,1,4-12H2,2-3H3/t15?,16-,17+,18-,19?,20?,21?,22+,23?,24?/m1/s1. The van der Waals surface area contributed by atoms with Gasteiger partial charge in [-0.3, -0.25) is 4.79 Å². The molecule has 6 unspecified atom stereocenters. The van der Waals surface area contributed by atoms with Crippen LogP contribution in [0.5, 0.6) is 0 Å². The smallest absolute Gasteiger partial charge is 0.303 e. The number of esters is 1. The van der Waals surface area contributed by atoms with Crippen molar-refractivity contribution in [2.45, 2.75) is 83.5 Å². The summed E-state index contributed by atoms with van der Waals surface area (Å²) in [6.45, 7) is 10.2. The summed E-state index contributed by atoms with van der Waals surface area (Å²) in [5.74, 6) is 1.54. The van der Waals surface area contributed by atoms with E-state index >= 15 is 0 Å². The lowest BCUT2D eigenvalue weighted by molar-refractivity contribution is -0.438. The molecule has 4 aliphatic heterocycles. The zero-order chi connectivity index (χ0) is 19.8. The summed E-state index contributed by atoms with van der Waals surface area (Å²) in [7, 11) is 0. The predicted octanol–water partition coefficient (Wildman–Crippen LogP) is 3.48. The second kappa shape index (κ2) is 5.28. The van der Waals surface area contributed by atoms with E-state index in [1.807, 2.05) is 0 Å². The van der Waals surface area contributed by atoms with Crippen molar-refractivity contribution in [2.24, 2.45) is 34.0 Å². The molecule has 0 aromatic heterocycles. The van der Waals surface area contributed by atoms with Gasteiger partial charge in [-0.1, -0.05) is 25.5 Å². The van der Waals surface area contributed by atoms with E-state index in [1.54, 1.807) is 6.92 Å². The van der Waals surface area contributed by atoms with Gasteiger partial charge in [0.25, 0.3) is 0 Å². The van der Waals surface area contributed by atoms with Crippen LogP contribution in [0, 0.1) is 34.0 Å². The predicted molar refractivity (Wildman–Crippen MR) is 106 cm³/mol. The molecular weight excluding hydrogens is 366 g/mol. The highest BCUT2D eigenvalue weighted by Gasteiger charge is 2.82. The Morgan fingerprint density at radius 1 is 1.28 bits per heavy atom. The molecule has 0 amide bonds. The molecule has 158 valence electrons. The average Bonchev–Trinajstić information content (AvgIpc) is 3.17. The number of carbonyl (C=O) groups is 1. The monoisotopic (exact) mass is 399 g/mol. The number of piperidine rings is 1. The minimum atomic E-state index is -0.160. The van der Waals surface area contributed by atoms with Crippen molar-refractivity contribution in [2.75, 3.05) is 13.2 Å². The summed E-state index contributed by atoms with van der Waals surface area (Å²) in [6.07, 6.45) is 8.49. The summed E-state index contributed by atoms with van der Waals surface area (Å²) in [4.78, 5) is 14.9. The van der Waals surface area contributed by atoms with E-state index < -0.39 is 0 Å². The minimum absolute atomic E-state index is 0.00486. The maximum Gasteiger partial charge on any atom is 0.303 e. The first kappa shape index (κ1) is 17.7. The van der Waals surface area contributed by atoms with Gasteiger partial charge >= 0.3 is 5.97 Å². The molecule has 0 aromatic carbocycles. The van der Waals surface area contributed by atoms with Crippen LogP contribution in [0.1, 0.15) is 58.8 Å². The van der Waals surface area contributed by atoms with Gasteiger partial charge in [-0.2, -0.15) is 0 Å². The highest BCUT2D eigenvalue weighted by atomic mass is 16.6. The maximum atomic E-state index is 12.3. The maximum absolute atomic E-state index is 12.3. The Morgan fingerprint density at radius 2 is 2.14 bits per heavy atom. The van der Waals surface area contributed by atoms with Crippen molar-refractivity contribution in [3.05, 3.63) is 12.2 Å². The van der Waals surface area contributed by atoms with E-state index in [9.17, 15) is 4.79 Å². The van der Waals surface area contributed by atoms with Gasteiger partial charge in [0.15, 0.2) is 0 Å². The molecule has 7 bridgehead atoms. The van der Waals surface area contributed by atoms with E-state index in [4.69, 9.17) is 14.2 Å². The number of ether oxygens (including phenoxy) is 3. The molecule has 4 saturated heterocycles. The third kappa shape index (κ3) is 1.77. The second-order valence-electron chi connectivity index (χ2n) is 11.5. The van der Waals surface area contributed by atoms with Crippen LogP contribution in [-0.4, -0.2) is 48.7 Å². The van der Waals surface area contributed by atoms with Gasteiger partial charge in [-0.15, -0.1) is 0 Å². The van der Waals surface area contributed by atoms with Crippen molar-refractivity contribution in [1.29, 1.82) is 0 Å². The number of hydrogen-bond donors (Lipinski definition) is 0. The van der Waals surface area contributed by atoms with Gasteiger partial charge < -0.3 is 14.2 Å². The fourth-order valence-corrected chi connectivity index (χ4v) is 10.1. The number of rotatable bonds is 1. The Labute approximate surface area is 173 Å². The molecule has 0 radical (unpaired) electrons. The molecular formula is C24H33NO4. The number of carbonyl (C=O) groups excluding carboxylic acids is 1. The molecule has 0 N–H and O–H groups in total. The van der Waals surface area contributed by atoms with Crippen molar-refractivity contribution in [3.8, 4) is 0 Å². The first-order valence-electron chi connectivity index (χ1n) is 11.8. The quantitative estimate of drug-likeness (QED) is 0.499. The molecule has 5 heteroatoms. The normalized spacial score (nSPS) is 59.4. The molecule has 5 aliphatic carbocycles. The van der Waals surface area contributed by atoms with Crippen LogP contribution in [0.3, 0.4) is 0 Å². The minimum Gasteiger partial charge on any atom is -0.459 e. The van der Waals surface area contributed by atoms with Gasteiger partial charge in [0.05, 0.1) is 6.61 Å². The first-order valence-corrected chi connectivity index (χ1v) is 11.8. The van der Waals surface area contributed by atoms with Gasteiger partial charge in [0.1, 0.15) is 24.7 Å².